The summed E-state index contributed by atoms with van der Waals surface area (Å²) in [4.78, 5) is 12.6. The molecule has 0 amide bonds. The molecule has 7 heteroatoms. The summed E-state index contributed by atoms with van der Waals surface area (Å²) in [5.41, 5.74) is 0.321. The zero-order valence-corrected chi connectivity index (χ0v) is 14.9. The fraction of sp³-hybridized carbons (Fsp3) is 0.625. The van der Waals surface area contributed by atoms with Crippen molar-refractivity contribution in [2.75, 3.05) is 24.2 Å². The predicted molar refractivity (Wildman–Crippen MR) is 90.6 cm³/mol. The molecule has 1 heterocycles. The number of benzene rings is 1. The van der Waals surface area contributed by atoms with E-state index in [9.17, 15) is 18.5 Å². The topological polar surface area (TPSA) is 80.5 Å². The van der Waals surface area contributed by atoms with Crippen molar-refractivity contribution in [3.05, 3.63) is 28.3 Å². The minimum absolute atomic E-state index is 0.210. The molecule has 0 aromatic heterocycles. The van der Waals surface area contributed by atoms with E-state index >= 15 is 0 Å². The lowest BCUT2D eigenvalue weighted by Gasteiger charge is -2.39. The first-order chi connectivity index (χ1) is 10.5. The fourth-order valence-electron chi connectivity index (χ4n) is 3.24. The normalized spacial score (nSPS) is 17.3. The number of hydrogen-bond acceptors (Lipinski definition) is 5. The highest BCUT2D eigenvalue weighted by Crippen LogP contribution is 2.39. The minimum Gasteiger partial charge on any atom is -0.366 e. The first-order valence-electron chi connectivity index (χ1n) is 7.74. The third-order valence-corrected chi connectivity index (χ3v) is 5.75. The highest BCUT2D eigenvalue weighted by molar-refractivity contribution is 7.90. The van der Waals surface area contributed by atoms with Gasteiger partial charge in [-0.05, 0) is 36.3 Å². The molecule has 0 radical (unpaired) electrons. The Hall–Kier alpha value is -1.63. The summed E-state index contributed by atoms with van der Waals surface area (Å²) < 4.78 is 23.7. The Morgan fingerprint density at radius 2 is 1.78 bits per heavy atom. The smallest absolute Gasteiger partial charge is 0.311 e. The van der Waals surface area contributed by atoms with Gasteiger partial charge in [-0.1, -0.05) is 26.8 Å². The van der Waals surface area contributed by atoms with E-state index in [0.29, 0.717) is 24.7 Å². The Balaban J connectivity index is 2.37. The third-order valence-electron chi connectivity index (χ3n) is 4.62. The van der Waals surface area contributed by atoms with Crippen LogP contribution in [-0.4, -0.2) is 32.7 Å². The molecule has 1 aliphatic heterocycles. The van der Waals surface area contributed by atoms with Crippen molar-refractivity contribution < 1.29 is 13.3 Å². The summed E-state index contributed by atoms with van der Waals surface area (Å²) in [7, 11) is -3.64. The second-order valence-electron chi connectivity index (χ2n) is 7.28. The lowest BCUT2D eigenvalue weighted by Crippen LogP contribution is -2.38. The number of sulfone groups is 1. The average Bonchev–Trinajstić information content (AvgIpc) is 2.44. The maximum absolute atomic E-state index is 11.9. The van der Waals surface area contributed by atoms with Gasteiger partial charge in [-0.2, -0.15) is 0 Å². The number of nitro groups is 1. The summed E-state index contributed by atoms with van der Waals surface area (Å²) in [5.74, 6) is 0.566. The van der Waals surface area contributed by atoms with Crippen LogP contribution in [0.25, 0.3) is 0 Å². The number of piperidine rings is 1. The monoisotopic (exact) mass is 340 g/mol. The van der Waals surface area contributed by atoms with Gasteiger partial charge in [0.05, 0.1) is 4.92 Å². The molecule has 1 fully saturated rings. The van der Waals surface area contributed by atoms with Gasteiger partial charge in [-0.15, -0.1) is 0 Å². The van der Waals surface area contributed by atoms with Gasteiger partial charge >= 0.3 is 5.69 Å². The molecule has 0 N–H and O–H groups in total. The molecule has 0 bridgehead atoms. The molecule has 23 heavy (non-hydrogen) atoms. The van der Waals surface area contributed by atoms with E-state index in [-0.39, 0.29) is 16.0 Å². The van der Waals surface area contributed by atoms with Gasteiger partial charge in [0, 0.05) is 19.3 Å². The van der Waals surface area contributed by atoms with E-state index in [1.54, 1.807) is 12.1 Å². The highest BCUT2D eigenvalue weighted by Gasteiger charge is 2.33. The number of rotatable bonds is 3. The molecule has 2 rings (SSSR count). The Morgan fingerprint density at radius 3 is 2.22 bits per heavy atom. The number of anilines is 1. The average molecular weight is 340 g/mol. The third kappa shape index (κ3) is 3.83. The van der Waals surface area contributed by atoms with Crippen LogP contribution in [0.1, 0.15) is 33.6 Å². The van der Waals surface area contributed by atoms with Crippen LogP contribution in [0, 0.1) is 21.4 Å². The number of nitrogens with zero attached hydrogens (tertiary/aromatic N) is 2. The van der Waals surface area contributed by atoms with Crippen molar-refractivity contribution in [1.82, 2.24) is 0 Å². The Labute approximate surface area is 137 Å². The first-order valence-corrected chi connectivity index (χ1v) is 9.63. The molecule has 1 aliphatic rings. The molecule has 1 aromatic carbocycles. The molecule has 0 atom stereocenters. The maximum Gasteiger partial charge on any atom is 0.311 e. The largest absolute Gasteiger partial charge is 0.366 e. The van der Waals surface area contributed by atoms with Crippen LogP contribution in [0.2, 0.25) is 0 Å². The van der Waals surface area contributed by atoms with Gasteiger partial charge < -0.3 is 4.90 Å². The molecule has 0 spiro atoms. The van der Waals surface area contributed by atoms with Crippen LogP contribution in [0.4, 0.5) is 11.4 Å². The summed E-state index contributed by atoms with van der Waals surface area (Å²) in [6, 6.07) is 4.53. The molecule has 0 unspecified atom stereocenters. The molecule has 0 aliphatic carbocycles. The van der Waals surface area contributed by atoms with E-state index in [4.69, 9.17) is 0 Å². The van der Waals surface area contributed by atoms with Crippen molar-refractivity contribution in [3.63, 3.8) is 0 Å². The van der Waals surface area contributed by atoms with E-state index in [2.05, 4.69) is 20.8 Å². The van der Waals surface area contributed by atoms with Crippen LogP contribution in [0.15, 0.2) is 23.1 Å². The van der Waals surface area contributed by atoms with Crippen molar-refractivity contribution in [2.24, 2.45) is 11.3 Å². The van der Waals surface area contributed by atoms with Gasteiger partial charge in [0.15, 0.2) is 9.84 Å². The summed E-state index contributed by atoms with van der Waals surface area (Å²) in [5, 5.41) is 11.5. The summed E-state index contributed by atoms with van der Waals surface area (Å²) in [6.07, 6.45) is 2.90. The Bertz CT molecular complexity index is 699. The van der Waals surface area contributed by atoms with Gasteiger partial charge in [-0.25, -0.2) is 8.42 Å². The molecular formula is C16H24N2O4S. The number of para-hydroxylation sites is 1. The zero-order chi connectivity index (χ0) is 17.4. The van der Waals surface area contributed by atoms with Crippen molar-refractivity contribution in [2.45, 2.75) is 38.5 Å². The van der Waals surface area contributed by atoms with E-state index in [1.807, 2.05) is 4.90 Å². The zero-order valence-electron chi connectivity index (χ0n) is 14.1. The van der Waals surface area contributed by atoms with Crippen molar-refractivity contribution in [1.29, 1.82) is 0 Å². The lowest BCUT2D eigenvalue weighted by molar-refractivity contribution is -0.387. The minimum atomic E-state index is -3.64. The molecule has 1 aromatic rings. The highest BCUT2D eigenvalue weighted by atomic mass is 32.2. The quantitative estimate of drug-likeness (QED) is 0.623. The second kappa shape index (κ2) is 6.11. The predicted octanol–water partition coefficient (Wildman–Crippen LogP) is 3.26. The molecule has 1 saturated heterocycles. The number of hydrogen-bond donors (Lipinski definition) is 0. The molecule has 128 valence electrons. The van der Waals surface area contributed by atoms with Gasteiger partial charge in [0.25, 0.3) is 0 Å². The molecular weight excluding hydrogens is 316 g/mol. The fourth-order valence-corrected chi connectivity index (χ4v) is 4.09. The van der Waals surface area contributed by atoms with E-state index in [1.165, 1.54) is 6.07 Å². The van der Waals surface area contributed by atoms with Crippen molar-refractivity contribution in [3.8, 4) is 0 Å². The lowest BCUT2D eigenvalue weighted by atomic mass is 9.75. The Morgan fingerprint density at radius 1 is 1.22 bits per heavy atom. The second-order valence-corrected chi connectivity index (χ2v) is 9.26. The maximum atomic E-state index is 11.9. The molecule has 6 nitrogen and oxygen atoms in total. The van der Waals surface area contributed by atoms with Crippen LogP contribution >= 0.6 is 0 Å². The Kier molecular flexibility index (Phi) is 4.71. The standard InChI is InChI=1S/C16H24N2O4S/c1-16(2,3)12-8-10-17(11-9-12)13-6-5-7-14(23(4,21)22)15(13)18(19)20/h5-7,12H,8-11H2,1-4H3. The van der Waals surface area contributed by atoms with Crippen LogP contribution in [0.5, 0.6) is 0 Å². The van der Waals surface area contributed by atoms with Crippen LogP contribution < -0.4 is 4.90 Å². The van der Waals surface area contributed by atoms with Crippen molar-refractivity contribution >= 4 is 21.2 Å². The van der Waals surface area contributed by atoms with Gasteiger partial charge in [0.1, 0.15) is 10.6 Å². The van der Waals surface area contributed by atoms with Crippen LogP contribution in [-0.2, 0) is 9.84 Å². The van der Waals surface area contributed by atoms with E-state index in [0.717, 1.165) is 19.1 Å². The SMILES string of the molecule is CC(C)(C)C1CCN(c2cccc(S(C)(=O)=O)c2[N+](=O)[O-])CC1. The number of nitro benzene ring substituents is 1. The van der Waals surface area contributed by atoms with Gasteiger partial charge in [-0.3, -0.25) is 10.1 Å². The first kappa shape index (κ1) is 17.7. The molecule has 0 saturated carbocycles. The summed E-state index contributed by atoms with van der Waals surface area (Å²) in [6.45, 7) is 8.03. The van der Waals surface area contributed by atoms with Gasteiger partial charge in [0.2, 0.25) is 0 Å². The van der Waals surface area contributed by atoms with Crippen LogP contribution in [0.3, 0.4) is 0 Å². The van der Waals surface area contributed by atoms with E-state index < -0.39 is 14.8 Å². The summed E-state index contributed by atoms with van der Waals surface area (Å²) >= 11 is 0.